The van der Waals surface area contributed by atoms with Crippen LogP contribution in [0, 0.1) is 12.3 Å². The van der Waals surface area contributed by atoms with Crippen molar-refractivity contribution in [2.75, 3.05) is 43.9 Å². The Kier molecular flexibility index (Phi) is 6.65. The van der Waals surface area contributed by atoms with E-state index in [4.69, 9.17) is 6.42 Å². The second-order valence-corrected chi connectivity index (χ2v) is 7.25. The van der Waals surface area contributed by atoms with E-state index in [1.54, 1.807) is 24.3 Å². The average Bonchev–Trinajstić information content (AvgIpc) is 2.70. The topological polar surface area (TPSA) is 47.6 Å². The van der Waals surface area contributed by atoms with Crippen LogP contribution in [0.15, 0.2) is 42.5 Å². The average molecular weight is 416 g/mol. The Labute approximate surface area is 173 Å². The van der Waals surface area contributed by atoms with Gasteiger partial charge in [0.1, 0.15) is 0 Å². The van der Waals surface area contributed by atoms with Gasteiger partial charge in [0.05, 0.1) is 5.56 Å². The van der Waals surface area contributed by atoms with Crippen LogP contribution in [0.25, 0.3) is 0 Å². The van der Waals surface area contributed by atoms with Crippen LogP contribution >= 0.6 is 0 Å². The van der Waals surface area contributed by atoms with Crippen molar-refractivity contribution in [3.05, 3.63) is 59.2 Å². The molecule has 2 amide bonds. The number of piperazine rings is 1. The third-order valence-electron chi connectivity index (χ3n) is 4.95. The molecule has 0 unspecified atom stereocenters. The lowest BCUT2D eigenvalue weighted by atomic mass is 10.0. The highest BCUT2D eigenvalue weighted by molar-refractivity contribution is 5.99. The highest BCUT2D eigenvalue weighted by atomic mass is 19.4. The zero-order valence-electron chi connectivity index (χ0n) is 16.6. The van der Waals surface area contributed by atoms with Crippen molar-refractivity contribution >= 4 is 17.4 Å². The SMILES string of the molecule is C#Cc1cccc(NC(=O)Nc2ccc(CN3CCN(C)CC3)c(C(F)(F)F)c2)c1. The lowest BCUT2D eigenvalue weighted by Crippen LogP contribution is -2.44. The highest BCUT2D eigenvalue weighted by Crippen LogP contribution is 2.34. The summed E-state index contributed by atoms with van der Waals surface area (Å²) in [5.74, 6) is 2.45. The highest BCUT2D eigenvalue weighted by Gasteiger charge is 2.34. The van der Waals surface area contributed by atoms with E-state index in [1.165, 1.54) is 12.1 Å². The molecule has 0 aliphatic carbocycles. The summed E-state index contributed by atoms with van der Waals surface area (Å²) in [6.07, 6.45) is 0.811. The van der Waals surface area contributed by atoms with E-state index in [0.717, 1.165) is 19.2 Å². The molecule has 0 saturated carbocycles. The van der Waals surface area contributed by atoms with E-state index in [0.29, 0.717) is 24.3 Å². The third-order valence-corrected chi connectivity index (χ3v) is 4.95. The smallest absolute Gasteiger partial charge is 0.308 e. The van der Waals surface area contributed by atoms with E-state index in [1.807, 2.05) is 11.9 Å². The zero-order chi connectivity index (χ0) is 21.7. The first kappa shape index (κ1) is 21.7. The maximum absolute atomic E-state index is 13.6. The standard InChI is InChI=1S/C22H23F3N4O/c1-3-16-5-4-6-18(13-16)26-21(30)27-19-8-7-17(20(14-19)22(23,24)25)15-29-11-9-28(2)10-12-29/h1,4-8,13-14H,9-12,15H2,2H3,(H2,26,27,30). The maximum Gasteiger partial charge on any atom is 0.416 e. The molecule has 0 atom stereocenters. The number of amides is 2. The van der Waals surface area contributed by atoms with Gasteiger partial charge in [-0.05, 0) is 42.9 Å². The Morgan fingerprint density at radius 2 is 1.73 bits per heavy atom. The molecule has 0 radical (unpaired) electrons. The molecule has 158 valence electrons. The van der Waals surface area contributed by atoms with Crippen LogP contribution in [0.1, 0.15) is 16.7 Å². The summed E-state index contributed by atoms with van der Waals surface area (Å²) in [6, 6.07) is 9.86. The number of urea groups is 1. The molecule has 8 heteroatoms. The molecular formula is C22H23F3N4O. The summed E-state index contributed by atoms with van der Waals surface area (Å²) in [7, 11) is 1.99. The van der Waals surface area contributed by atoms with Gasteiger partial charge in [-0.15, -0.1) is 6.42 Å². The molecule has 1 heterocycles. The molecular weight excluding hydrogens is 393 g/mol. The molecule has 0 aromatic heterocycles. The van der Waals surface area contributed by atoms with Gasteiger partial charge in [-0.3, -0.25) is 4.90 Å². The third kappa shape index (κ3) is 5.75. The van der Waals surface area contributed by atoms with Crippen LogP contribution in [0.2, 0.25) is 0 Å². The number of likely N-dealkylation sites (N-methyl/N-ethyl adjacent to an activating group) is 1. The van der Waals surface area contributed by atoms with Crippen molar-refractivity contribution in [3.63, 3.8) is 0 Å². The van der Waals surface area contributed by atoms with Gasteiger partial charge in [-0.1, -0.05) is 18.1 Å². The fraction of sp³-hybridized carbons (Fsp3) is 0.318. The molecule has 2 aromatic rings. The summed E-state index contributed by atoms with van der Waals surface area (Å²) >= 11 is 0. The number of hydrogen-bond donors (Lipinski definition) is 2. The summed E-state index contributed by atoms with van der Waals surface area (Å²) in [4.78, 5) is 16.4. The van der Waals surface area contributed by atoms with Crippen LogP contribution in [-0.2, 0) is 12.7 Å². The van der Waals surface area contributed by atoms with Gasteiger partial charge in [-0.2, -0.15) is 13.2 Å². The van der Waals surface area contributed by atoms with Gasteiger partial charge in [-0.25, -0.2) is 4.79 Å². The zero-order valence-corrected chi connectivity index (χ0v) is 16.6. The van der Waals surface area contributed by atoms with E-state index in [2.05, 4.69) is 21.5 Å². The van der Waals surface area contributed by atoms with Gasteiger partial charge >= 0.3 is 12.2 Å². The molecule has 3 rings (SSSR count). The van der Waals surface area contributed by atoms with Crippen molar-refractivity contribution in [1.29, 1.82) is 0 Å². The van der Waals surface area contributed by atoms with Crippen LogP contribution in [-0.4, -0.2) is 49.1 Å². The van der Waals surface area contributed by atoms with Crippen molar-refractivity contribution < 1.29 is 18.0 Å². The predicted octanol–water partition coefficient (Wildman–Crippen LogP) is 4.08. The van der Waals surface area contributed by atoms with E-state index in [-0.39, 0.29) is 17.8 Å². The first-order valence-corrected chi connectivity index (χ1v) is 9.50. The number of carbonyl (C=O) groups excluding carboxylic acids is 1. The van der Waals surface area contributed by atoms with E-state index in [9.17, 15) is 18.0 Å². The van der Waals surface area contributed by atoms with Gasteiger partial charge in [0.2, 0.25) is 0 Å². The number of anilines is 2. The number of terminal acetylenes is 1. The normalized spacial score (nSPS) is 15.4. The fourth-order valence-electron chi connectivity index (χ4n) is 3.28. The Bertz CT molecular complexity index is 944. The van der Waals surface area contributed by atoms with Crippen molar-refractivity contribution in [3.8, 4) is 12.3 Å². The number of halogens is 3. The van der Waals surface area contributed by atoms with Crippen LogP contribution in [0.3, 0.4) is 0 Å². The van der Waals surface area contributed by atoms with Gasteiger partial charge in [0.15, 0.2) is 0 Å². The van der Waals surface area contributed by atoms with Crippen molar-refractivity contribution in [2.45, 2.75) is 12.7 Å². The first-order valence-electron chi connectivity index (χ1n) is 9.50. The maximum atomic E-state index is 13.6. The van der Waals surface area contributed by atoms with Gasteiger partial charge in [0, 0.05) is 49.7 Å². The number of alkyl halides is 3. The number of rotatable bonds is 4. The lowest BCUT2D eigenvalue weighted by Gasteiger charge is -2.33. The Morgan fingerprint density at radius 1 is 1.07 bits per heavy atom. The number of nitrogens with one attached hydrogen (secondary N) is 2. The molecule has 1 saturated heterocycles. The molecule has 1 fully saturated rings. The number of hydrogen-bond acceptors (Lipinski definition) is 3. The van der Waals surface area contributed by atoms with Crippen molar-refractivity contribution in [2.24, 2.45) is 0 Å². The monoisotopic (exact) mass is 416 g/mol. The van der Waals surface area contributed by atoms with Crippen molar-refractivity contribution in [1.82, 2.24) is 9.80 Å². The summed E-state index contributed by atoms with van der Waals surface area (Å²) < 4.78 is 40.9. The van der Waals surface area contributed by atoms with Crippen LogP contribution in [0.5, 0.6) is 0 Å². The van der Waals surface area contributed by atoms with Gasteiger partial charge < -0.3 is 15.5 Å². The molecule has 5 nitrogen and oxygen atoms in total. The molecule has 30 heavy (non-hydrogen) atoms. The summed E-state index contributed by atoms with van der Waals surface area (Å²) in [5, 5.41) is 5.02. The quantitative estimate of drug-likeness (QED) is 0.739. The molecule has 2 N–H and O–H groups in total. The van der Waals surface area contributed by atoms with Crippen LogP contribution < -0.4 is 10.6 Å². The lowest BCUT2D eigenvalue weighted by molar-refractivity contribution is -0.138. The Morgan fingerprint density at radius 3 is 2.37 bits per heavy atom. The Hall–Kier alpha value is -3.02. The molecule has 1 aliphatic heterocycles. The Balaban J connectivity index is 1.72. The number of carbonyl (C=O) groups is 1. The number of benzene rings is 2. The minimum atomic E-state index is -4.52. The second-order valence-electron chi connectivity index (χ2n) is 7.25. The van der Waals surface area contributed by atoms with E-state index < -0.39 is 17.8 Å². The predicted molar refractivity (Wildman–Crippen MR) is 111 cm³/mol. The summed E-state index contributed by atoms with van der Waals surface area (Å²) in [5.41, 5.74) is 0.550. The molecule has 2 aromatic carbocycles. The fourth-order valence-corrected chi connectivity index (χ4v) is 3.28. The number of nitrogens with zero attached hydrogens (tertiary/aromatic N) is 2. The second kappa shape index (κ2) is 9.20. The first-order chi connectivity index (χ1) is 14.2. The molecule has 1 aliphatic rings. The molecule has 0 spiro atoms. The summed E-state index contributed by atoms with van der Waals surface area (Å²) in [6.45, 7) is 3.29. The molecule has 0 bridgehead atoms. The minimum Gasteiger partial charge on any atom is -0.308 e. The van der Waals surface area contributed by atoms with Crippen LogP contribution in [0.4, 0.5) is 29.3 Å². The van der Waals surface area contributed by atoms with E-state index >= 15 is 0 Å². The largest absolute Gasteiger partial charge is 0.416 e. The minimum absolute atomic E-state index is 0.0649. The van der Waals surface area contributed by atoms with Gasteiger partial charge in [0.25, 0.3) is 0 Å².